The summed E-state index contributed by atoms with van der Waals surface area (Å²) < 4.78 is 0. The van der Waals surface area contributed by atoms with Crippen LogP contribution in [0.2, 0.25) is 0 Å². The number of aryl methyl sites for hydroxylation is 1. The van der Waals surface area contributed by atoms with Crippen LogP contribution in [0.5, 0.6) is 0 Å². The van der Waals surface area contributed by atoms with Crippen molar-refractivity contribution >= 4 is 12.6 Å². The number of oxime groups is 1. The summed E-state index contributed by atoms with van der Waals surface area (Å²) in [6, 6.07) is 8.02. The summed E-state index contributed by atoms with van der Waals surface area (Å²) in [4.78, 5) is 8.44. The molecule has 1 aromatic rings. The molecule has 0 aliphatic rings. The Bertz CT molecular complexity index is 328. The van der Waals surface area contributed by atoms with Crippen molar-refractivity contribution in [2.24, 2.45) is 10.1 Å². The van der Waals surface area contributed by atoms with Crippen molar-refractivity contribution in [3.8, 4) is 0 Å². The van der Waals surface area contributed by atoms with Crippen LogP contribution in [-0.2, 0) is 11.3 Å². The Morgan fingerprint density at radius 2 is 2.00 bits per heavy atom. The highest BCUT2D eigenvalue weighted by molar-refractivity contribution is 6.01. The zero-order chi connectivity index (χ0) is 10.4. The molecule has 0 N–H and O–H groups in total. The molecule has 0 fully saturated rings. The molecule has 0 heterocycles. The second-order valence-electron chi connectivity index (χ2n) is 2.81. The molecule has 0 atom stereocenters. The molecule has 74 valence electrons. The first kappa shape index (κ1) is 10.4. The van der Waals surface area contributed by atoms with Crippen LogP contribution in [0.15, 0.2) is 34.4 Å². The van der Waals surface area contributed by atoms with E-state index in [0.717, 1.165) is 12.0 Å². The molecular weight excluding hydrogens is 176 g/mol. The summed E-state index contributed by atoms with van der Waals surface area (Å²) in [5, 5.41) is 3.76. The first-order valence-electron chi connectivity index (χ1n) is 4.49. The normalized spacial score (nSPS) is 11.1. The minimum absolute atomic E-state index is 0.509. The van der Waals surface area contributed by atoms with E-state index in [2.05, 4.69) is 28.6 Å². The first-order valence-corrected chi connectivity index (χ1v) is 4.49. The maximum absolute atomic E-state index is 4.66. The van der Waals surface area contributed by atoms with E-state index < -0.39 is 0 Å². The largest absolute Gasteiger partial charge is 0.397 e. The van der Waals surface area contributed by atoms with Gasteiger partial charge < -0.3 is 4.84 Å². The van der Waals surface area contributed by atoms with Crippen LogP contribution in [0.1, 0.15) is 18.1 Å². The molecule has 3 heteroatoms. The van der Waals surface area contributed by atoms with Crippen molar-refractivity contribution in [1.82, 2.24) is 0 Å². The lowest BCUT2D eigenvalue weighted by Gasteiger charge is -2.01. The molecule has 0 aromatic heterocycles. The van der Waals surface area contributed by atoms with Gasteiger partial charge in [0.25, 0.3) is 0 Å². The molecule has 0 aliphatic heterocycles. The van der Waals surface area contributed by atoms with E-state index in [-0.39, 0.29) is 0 Å². The third kappa shape index (κ3) is 2.42. The molecule has 0 aliphatic carbocycles. The van der Waals surface area contributed by atoms with Crippen molar-refractivity contribution in [2.75, 3.05) is 7.11 Å². The second kappa shape index (κ2) is 5.17. The van der Waals surface area contributed by atoms with Crippen molar-refractivity contribution < 1.29 is 4.84 Å². The van der Waals surface area contributed by atoms with Gasteiger partial charge in [-0.3, -0.25) is 0 Å². The maximum atomic E-state index is 4.66. The minimum Gasteiger partial charge on any atom is -0.397 e. The Morgan fingerprint density at radius 1 is 1.36 bits per heavy atom. The van der Waals surface area contributed by atoms with Gasteiger partial charge in [-0.25, -0.2) is 4.99 Å². The number of amidine groups is 1. The summed E-state index contributed by atoms with van der Waals surface area (Å²) in [5.74, 6) is 0.509. The summed E-state index contributed by atoms with van der Waals surface area (Å²) in [6.07, 6.45) is 1.03. The Hall–Kier alpha value is -1.64. The van der Waals surface area contributed by atoms with Gasteiger partial charge in [0, 0.05) is 5.56 Å². The summed E-state index contributed by atoms with van der Waals surface area (Å²) in [6.45, 7) is 5.55. The average Bonchev–Trinajstić information content (AvgIpc) is 2.26. The molecule has 1 aromatic carbocycles. The molecule has 0 spiro atoms. The molecule has 0 bridgehead atoms. The second-order valence-corrected chi connectivity index (χ2v) is 2.81. The monoisotopic (exact) mass is 190 g/mol. The lowest BCUT2D eigenvalue weighted by atomic mass is 10.1. The SMILES string of the molecule is C=N/C(=N\OC)c1ccc(CC)cc1. The van der Waals surface area contributed by atoms with Gasteiger partial charge in [-0.15, -0.1) is 0 Å². The van der Waals surface area contributed by atoms with Crippen LogP contribution < -0.4 is 0 Å². The smallest absolute Gasteiger partial charge is 0.198 e. The Kier molecular flexibility index (Phi) is 3.85. The lowest BCUT2D eigenvalue weighted by molar-refractivity contribution is 0.213. The van der Waals surface area contributed by atoms with E-state index in [1.165, 1.54) is 12.7 Å². The van der Waals surface area contributed by atoms with Crippen LogP contribution in [0.4, 0.5) is 0 Å². The topological polar surface area (TPSA) is 34.0 Å². The lowest BCUT2D eigenvalue weighted by Crippen LogP contribution is -1.97. The molecule has 0 saturated carbocycles. The molecule has 1 rings (SSSR count). The fraction of sp³-hybridized carbons (Fsp3) is 0.273. The average molecular weight is 190 g/mol. The minimum atomic E-state index is 0.509. The molecule has 3 nitrogen and oxygen atoms in total. The highest BCUT2D eigenvalue weighted by Gasteiger charge is 2.00. The zero-order valence-electron chi connectivity index (χ0n) is 8.53. The predicted octanol–water partition coefficient (Wildman–Crippen LogP) is 2.26. The van der Waals surface area contributed by atoms with Crippen LogP contribution >= 0.6 is 0 Å². The number of rotatable bonds is 3. The summed E-state index contributed by atoms with van der Waals surface area (Å²) >= 11 is 0. The Morgan fingerprint density at radius 3 is 2.43 bits per heavy atom. The van der Waals surface area contributed by atoms with E-state index in [9.17, 15) is 0 Å². The third-order valence-corrected chi connectivity index (χ3v) is 1.95. The van der Waals surface area contributed by atoms with Gasteiger partial charge in [0.05, 0.1) is 0 Å². The fourth-order valence-electron chi connectivity index (χ4n) is 1.15. The highest BCUT2D eigenvalue weighted by Crippen LogP contribution is 2.07. The highest BCUT2D eigenvalue weighted by atomic mass is 16.6. The Labute approximate surface area is 84.1 Å². The van der Waals surface area contributed by atoms with Gasteiger partial charge in [0.2, 0.25) is 0 Å². The van der Waals surface area contributed by atoms with Gasteiger partial charge >= 0.3 is 0 Å². The predicted molar refractivity (Wildman–Crippen MR) is 58.9 cm³/mol. The molecule has 0 amide bonds. The molecule has 0 unspecified atom stereocenters. The van der Waals surface area contributed by atoms with Crippen molar-refractivity contribution in [2.45, 2.75) is 13.3 Å². The Balaban J connectivity index is 2.95. The quantitative estimate of drug-likeness (QED) is 0.409. The van der Waals surface area contributed by atoms with Crippen molar-refractivity contribution in [3.05, 3.63) is 35.4 Å². The zero-order valence-corrected chi connectivity index (χ0v) is 8.53. The number of benzene rings is 1. The van der Waals surface area contributed by atoms with Gasteiger partial charge in [0.15, 0.2) is 5.84 Å². The number of hydrogen-bond donors (Lipinski definition) is 0. The number of hydrogen-bond acceptors (Lipinski definition) is 2. The third-order valence-electron chi connectivity index (χ3n) is 1.95. The maximum Gasteiger partial charge on any atom is 0.198 e. The van der Waals surface area contributed by atoms with E-state index in [0.29, 0.717) is 5.84 Å². The van der Waals surface area contributed by atoms with E-state index in [1.54, 1.807) is 0 Å². The summed E-state index contributed by atoms with van der Waals surface area (Å²) in [7, 11) is 1.49. The van der Waals surface area contributed by atoms with Crippen LogP contribution in [0.25, 0.3) is 0 Å². The van der Waals surface area contributed by atoms with Crippen LogP contribution in [-0.4, -0.2) is 19.7 Å². The molecular formula is C11H14N2O. The molecule has 0 radical (unpaired) electrons. The van der Waals surface area contributed by atoms with E-state index in [4.69, 9.17) is 0 Å². The van der Waals surface area contributed by atoms with E-state index >= 15 is 0 Å². The summed E-state index contributed by atoms with van der Waals surface area (Å²) in [5.41, 5.74) is 2.20. The van der Waals surface area contributed by atoms with Gasteiger partial charge in [-0.2, -0.15) is 0 Å². The van der Waals surface area contributed by atoms with Crippen molar-refractivity contribution in [1.29, 1.82) is 0 Å². The first-order chi connectivity index (χ1) is 6.81. The van der Waals surface area contributed by atoms with Crippen LogP contribution in [0.3, 0.4) is 0 Å². The fourth-order valence-corrected chi connectivity index (χ4v) is 1.15. The number of nitrogens with zero attached hydrogens (tertiary/aromatic N) is 2. The standard InChI is InChI=1S/C11H14N2O/c1-4-9-5-7-10(8-6-9)11(12-2)13-14-3/h5-8H,2,4H2,1,3H3/b13-11-. The molecule has 14 heavy (non-hydrogen) atoms. The number of aliphatic imine (C=N–C) groups is 1. The van der Waals surface area contributed by atoms with E-state index in [1.807, 2.05) is 24.3 Å². The van der Waals surface area contributed by atoms with Crippen LogP contribution in [0, 0.1) is 0 Å². The van der Waals surface area contributed by atoms with Gasteiger partial charge in [-0.05, 0) is 18.7 Å². The van der Waals surface area contributed by atoms with Gasteiger partial charge in [-0.1, -0.05) is 36.3 Å². The van der Waals surface area contributed by atoms with Gasteiger partial charge in [0.1, 0.15) is 7.11 Å². The molecule has 0 saturated heterocycles. The van der Waals surface area contributed by atoms with Crippen molar-refractivity contribution in [3.63, 3.8) is 0 Å².